The second-order valence-corrected chi connectivity index (χ2v) is 5.07. The summed E-state index contributed by atoms with van der Waals surface area (Å²) in [4.78, 5) is 22.4. The molecule has 0 saturated carbocycles. The molecule has 0 radical (unpaired) electrons. The van der Waals surface area contributed by atoms with E-state index in [9.17, 15) is 4.79 Å². The Bertz CT molecular complexity index is 766. The first kappa shape index (κ1) is 12.9. The maximum absolute atomic E-state index is 11.7. The van der Waals surface area contributed by atoms with Crippen LogP contribution in [0.4, 0.5) is 0 Å². The maximum Gasteiger partial charge on any atom is 0.258 e. The smallest absolute Gasteiger partial charge is 0.258 e. The average molecular weight is 289 g/mol. The molecule has 1 N–H and O–H groups in total. The summed E-state index contributed by atoms with van der Waals surface area (Å²) in [6.45, 7) is 0. The minimum atomic E-state index is -0.139. The molecule has 2 heterocycles. The van der Waals surface area contributed by atoms with Crippen LogP contribution >= 0.6 is 11.6 Å². The summed E-state index contributed by atoms with van der Waals surface area (Å²) in [6, 6.07) is 5.71. The Balaban J connectivity index is 1.78. The van der Waals surface area contributed by atoms with Gasteiger partial charge in [-0.3, -0.25) is 4.79 Å². The largest absolute Gasteiger partial charge is 0.321 e. The number of H-pyrrole nitrogens is 1. The first-order chi connectivity index (χ1) is 9.74. The summed E-state index contributed by atoms with van der Waals surface area (Å²) in [7, 11) is 0. The molecule has 20 heavy (non-hydrogen) atoms. The van der Waals surface area contributed by atoms with E-state index in [1.54, 1.807) is 12.5 Å². The topological polar surface area (TPSA) is 63.6 Å². The van der Waals surface area contributed by atoms with Gasteiger partial charge in [-0.1, -0.05) is 17.7 Å². The predicted molar refractivity (Wildman–Crippen MR) is 77.8 cm³/mol. The van der Waals surface area contributed by atoms with Crippen molar-refractivity contribution in [2.45, 2.75) is 18.3 Å². The predicted octanol–water partition coefficient (Wildman–Crippen LogP) is 2.49. The summed E-state index contributed by atoms with van der Waals surface area (Å²) >= 11 is 6.29. The van der Waals surface area contributed by atoms with Crippen LogP contribution < -0.4 is 5.56 Å². The van der Waals surface area contributed by atoms with Gasteiger partial charge in [-0.05, 0) is 30.5 Å². The van der Waals surface area contributed by atoms with Crippen LogP contribution in [0.2, 0.25) is 0 Å². The molecule has 0 aliphatic carbocycles. The van der Waals surface area contributed by atoms with Crippen LogP contribution in [0, 0.1) is 0 Å². The van der Waals surface area contributed by atoms with Gasteiger partial charge in [0.15, 0.2) is 0 Å². The summed E-state index contributed by atoms with van der Waals surface area (Å²) in [5, 5.41) is 0.610. The maximum atomic E-state index is 11.7. The summed E-state index contributed by atoms with van der Waals surface area (Å²) < 4.78 is 1.86. The van der Waals surface area contributed by atoms with Gasteiger partial charge in [-0.25, -0.2) is 9.97 Å². The third kappa shape index (κ3) is 2.58. The number of hydrogen-bond donors (Lipinski definition) is 1. The molecule has 102 valence electrons. The van der Waals surface area contributed by atoms with Crippen molar-refractivity contribution in [1.82, 2.24) is 19.5 Å². The van der Waals surface area contributed by atoms with E-state index in [1.807, 2.05) is 29.0 Å². The molecule has 1 atom stereocenters. The van der Waals surface area contributed by atoms with Crippen LogP contribution in [0.1, 0.15) is 17.5 Å². The molecule has 0 saturated heterocycles. The minimum absolute atomic E-state index is 0.117. The number of hydrogen-bond acceptors (Lipinski definition) is 3. The van der Waals surface area contributed by atoms with Crippen LogP contribution in [0.3, 0.4) is 0 Å². The van der Waals surface area contributed by atoms with Crippen LogP contribution in [0.15, 0.2) is 48.0 Å². The Morgan fingerprint density at radius 2 is 2.30 bits per heavy atom. The highest BCUT2D eigenvalue weighted by Crippen LogP contribution is 2.20. The lowest BCUT2D eigenvalue weighted by Crippen LogP contribution is -2.07. The Morgan fingerprint density at radius 1 is 1.40 bits per heavy atom. The highest BCUT2D eigenvalue weighted by molar-refractivity contribution is 6.19. The van der Waals surface area contributed by atoms with E-state index in [1.165, 1.54) is 6.33 Å². The molecular formula is C14H13ClN4O. The summed E-state index contributed by atoms with van der Waals surface area (Å²) in [6.07, 6.45) is 8.21. The van der Waals surface area contributed by atoms with E-state index in [2.05, 4.69) is 15.0 Å². The molecule has 0 fully saturated rings. The molecule has 1 aromatic carbocycles. The second-order valence-electron chi connectivity index (χ2n) is 4.57. The molecule has 3 aromatic rings. The third-order valence-electron chi connectivity index (χ3n) is 3.22. The number of fused-ring (bicyclic) bond motifs is 1. The fourth-order valence-corrected chi connectivity index (χ4v) is 2.37. The standard InChI is InChI=1S/C14H13ClN4O/c15-13(19-6-5-16-9-19)4-2-10-1-3-12-11(7-10)14(20)18-8-17-12/h1,3,5-9,13H,2,4H2,(H,17,18,20). The molecule has 5 nitrogen and oxygen atoms in total. The van der Waals surface area contributed by atoms with Gasteiger partial charge in [0.25, 0.3) is 5.56 Å². The quantitative estimate of drug-likeness (QED) is 0.750. The highest BCUT2D eigenvalue weighted by Gasteiger charge is 2.07. The minimum Gasteiger partial charge on any atom is -0.321 e. The van der Waals surface area contributed by atoms with E-state index in [0.29, 0.717) is 10.9 Å². The third-order valence-corrected chi connectivity index (χ3v) is 3.67. The Kier molecular flexibility index (Phi) is 3.52. The van der Waals surface area contributed by atoms with Gasteiger partial charge in [-0.15, -0.1) is 0 Å². The Hall–Kier alpha value is -2.14. The zero-order valence-electron chi connectivity index (χ0n) is 10.7. The number of imidazole rings is 1. The molecule has 2 aromatic heterocycles. The van der Waals surface area contributed by atoms with E-state index in [-0.39, 0.29) is 11.1 Å². The number of benzene rings is 1. The highest BCUT2D eigenvalue weighted by atomic mass is 35.5. The van der Waals surface area contributed by atoms with Crippen molar-refractivity contribution in [2.24, 2.45) is 0 Å². The van der Waals surface area contributed by atoms with Crippen LogP contribution in [0.5, 0.6) is 0 Å². The first-order valence-electron chi connectivity index (χ1n) is 6.32. The zero-order chi connectivity index (χ0) is 13.9. The van der Waals surface area contributed by atoms with Crippen molar-refractivity contribution in [3.63, 3.8) is 0 Å². The number of halogens is 1. The Labute approximate surface area is 120 Å². The van der Waals surface area contributed by atoms with Gasteiger partial charge in [0.1, 0.15) is 5.50 Å². The Morgan fingerprint density at radius 3 is 3.10 bits per heavy atom. The molecule has 1 unspecified atom stereocenters. The SMILES string of the molecule is O=c1[nH]cnc2ccc(CCC(Cl)n3ccnc3)cc12. The monoisotopic (exact) mass is 288 g/mol. The number of rotatable bonds is 4. The molecule has 0 amide bonds. The van der Waals surface area contributed by atoms with Gasteiger partial charge >= 0.3 is 0 Å². The fourth-order valence-electron chi connectivity index (χ4n) is 2.14. The number of nitrogens with one attached hydrogen (secondary N) is 1. The molecule has 6 heteroatoms. The molecule has 0 spiro atoms. The van der Waals surface area contributed by atoms with Gasteiger partial charge in [0.2, 0.25) is 0 Å². The lowest BCUT2D eigenvalue weighted by molar-refractivity contribution is 0.613. The number of aromatic amines is 1. The molecular weight excluding hydrogens is 276 g/mol. The lowest BCUT2D eigenvalue weighted by atomic mass is 10.1. The van der Waals surface area contributed by atoms with Crippen LogP contribution in [0.25, 0.3) is 10.9 Å². The average Bonchev–Trinajstić information content (AvgIpc) is 3.00. The second kappa shape index (κ2) is 5.46. The van der Waals surface area contributed by atoms with Crippen molar-refractivity contribution in [3.8, 4) is 0 Å². The van der Waals surface area contributed by atoms with Crippen molar-refractivity contribution < 1.29 is 0 Å². The molecule has 0 bridgehead atoms. The first-order valence-corrected chi connectivity index (χ1v) is 6.75. The zero-order valence-corrected chi connectivity index (χ0v) is 11.4. The van der Waals surface area contributed by atoms with E-state index in [0.717, 1.165) is 18.4 Å². The number of aromatic nitrogens is 4. The molecule has 0 aliphatic heterocycles. The van der Waals surface area contributed by atoms with Crippen LogP contribution in [-0.2, 0) is 6.42 Å². The number of aryl methyl sites for hydroxylation is 1. The normalized spacial score (nSPS) is 12.7. The summed E-state index contributed by atoms with van der Waals surface area (Å²) in [5.41, 5.74) is 1.52. The molecule has 3 rings (SSSR count). The van der Waals surface area contributed by atoms with E-state index in [4.69, 9.17) is 11.6 Å². The van der Waals surface area contributed by atoms with Gasteiger partial charge in [-0.2, -0.15) is 0 Å². The van der Waals surface area contributed by atoms with Crippen molar-refractivity contribution >= 4 is 22.5 Å². The number of nitrogens with zero attached hydrogens (tertiary/aromatic N) is 3. The summed E-state index contributed by atoms with van der Waals surface area (Å²) in [5.74, 6) is 0. The van der Waals surface area contributed by atoms with E-state index < -0.39 is 0 Å². The molecule has 0 aliphatic rings. The van der Waals surface area contributed by atoms with Crippen LogP contribution in [-0.4, -0.2) is 19.5 Å². The fraction of sp³-hybridized carbons (Fsp3) is 0.214. The van der Waals surface area contributed by atoms with Crippen molar-refractivity contribution in [2.75, 3.05) is 0 Å². The van der Waals surface area contributed by atoms with Crippen molar-refractivity contribution in [1.29, 1.82) is 0 Å². The van der Waals surface area contributed by atoms with Gasteiger partial charge < -0.3 is 9.55 Å². The lowest BCUT2D eigenvalue weighted by Gasteiger charge is -2.10. The number of alkyl halides is 1. The van der Waals surface area contributed by atoms with Crippen molar-refractivity contribution in [3.05, 3.63) is 59.2 Å². The van der Waals surface area contributed by atoms with Gasteiger partial charge in [0.05, 0.1) is 23.6 Å². The van der Waals surface area contributed by atoms with Gasteiger partial charge in [0, 0.05) is 12.4 Å². The van der Waals surface area contributed by atoms with E-state index >= 15 is 0 Å².